The minimum Gasteiger partial charge on any atom is -0.506 e. The average Bonchev–Trinajstić information content (AvgIpc) is 3.12. The van der Waals surface area contributed by atoms with Gasteiger partial charge in [0.05, 0.1) is 18.0 Å². The fourth-order valence-corrected chi connectivity index (χ4v) is 4.00. The number of hydrogen-bond acceptors (Lipinski definition) is 7. The molecule has 0 aliphatic carbocycles. The standard InChI is InChI=1S/C23H24N2O6S/c1-32(28,29)25-19-12-15(6-8-20(19)26)21(27)14-24-10-11-30-16-7-9-23-18(13-16)17-4-2-3-5-22(17)31-23/h2-9,12-13,21,24-27H,10-11,14H2,1H3. The molecule has 1 atom stereocenters. The van der Waals surface area contributed by atoms with Gasteiger partial charge in [0.25, 0.3) is 0 Å². The molecule has 0 spiro atoms. The first-order valence-electron chi connectivity index (χ1n) is 10.0. The molecule has 0 saturated heterocycles. The van der Waals surface area contributed by atoms with E-state index in [-0.39, 0.29) is 18.0 Å². The Morgan fingerprint density at radius 2 is 1.81 bits per heavy atom. The molecule has 0 bridgehead atoms. The summed E-state index contributed by atoms with van der Waals surface area (Å²) in [7, 11) is -3.54. The minimum absolute atomic E-state index is 0.0227. The van der Waals surface area contributed by atoms with E-state index in [0.29, 0.717) is 18.7 Å². The molecular weight excluding hydrogens is 432 g/mol. The Kier molecular flexibility index (Phi) is 6.22. The van der Waals surface area contributed by atoms with Crippen molar-refractivity contribution in [2.24, 2.45) is 0 Å². The van der Waals surface area contributed by atoms with Crippen LogP contribution in [0, 0.1) is 0 Å². The van der Waals surface area contributed by atoms with E-state index in [2.05, 4.69) is 10.0 Å². The van der Waals surface area contributed by atoms with Crippen molar-refractivity contribution in [1.82, 2.24) is 5.32 Å². The number of anilines is 1. The molecule has 0 aliphatic rings. The number of furan rings is 1. The van der Waals surface area contributed by atoms with Crippen LogP contribution in [-0.4, -0.2) is 44.6 Å². The highest BCUT2D eigenvalue weighted by atomic mass is 32.2. The van der Waals surface area contributed by atoms with E-state index >= 15 is 0 Å². The van der Waals surface area contributed by atoms with Crippen molar-refractivity contribution >= 4 is 37.6 Å². The molecule has 168 valence electrons. The van der Waals surface area contributed by atoms with Crippen molar-refractivity contribution in [1.29, 1.82) is 0 Å². The van der Waals surface area contributed by atoms with Crippen molar-refractivity contribution in [3.63, 3.8) is 0 Å². The molecule has 1 unspecified atom stereocenters. The summed E-state index contributed by atoms with van der Waals surface area (Å²) >= 11 is 0. The van der Waals surface area contributed by atoms with Gasteiger partial charge in [0.15, 0.2) is 0 Å². The smallest absolute Gasteiger partial charge is 0.229 e. The van der Waals surface area contributed by atoms with Crippen LogP contribution in [-0.2, 0) is 10.0 Å². The van der Waals surface area contributed by atoms with Crippen molar-refractivity contribution in [3.05, 3.63) is 66.2 Å². The summed E-state index contributed by atoms with van der Waals surface area (Å²) in [5.74, 6) is 0.511. The summed E-state index contributed by atoms with van der Waals surface area (Å²) in [4.78, 5) is 0. The summed E-state index contributed by atoms with van der Waals surface area (Å²) in [5, 5.41) is 25.3. The molecule has 0 radical (unpaired) electrons. The second kappa shape index (κ2) is 9.07. The molecule has 0 amide bonds. The molecular formula is C23H24N2O6S. The zero-order valence-electron chi connectivity index (χ0n) is 17.4. The molecule has 1 heterocycles. The van der Waals surface area contributed by atoms with E-state index in [4.69, 9.17) is 9.15 Å². The molecule has 9 heteroatoms. The third-order valence-corrected chi connectivity index (χ3v) is 5.52. The number of nitrogens with one attached hydrogen (secondary N) is 2. The first-order chi connectivity index (χ1) is 15.3. The zero-order chi connectivity index (χ0) is 22.7. The third-order valence-electron chi connectivity index (χ3n) is 4.93. The predicted molar refractivity (Wildman–Crippen MR) is 124 cm³/mol. The lowest BCUT2D eigenvalue weighted by molar-refractivity contribution is 0.172. The fourth-order valence-electron chi connectivity index (χ4n) is 3.44. The van der Waals surface area contributed by atoms with Gasteiger partial charge in [-0.1, -0.05) is 24.3 Å². The summed E-state index contributed by atoms with van der Waals surface area (Å²) in [6.45, 7) is 1.12. The number of aliphatic hydroxyl groups is 1. The van der Waals surface area contributed by atoms with Crippen LogP contribution in [0.25, 0.3) is 21.9 Å². The van der Waals surface area contributed by atoms with E-state index in [1.54, 1.807) is 0 Å². The molecule has 1 aromatic heterocycles. The average molecular weight is 457 g/mol. The normalized spacial score (nSPS) is 12.8. The van der Waals surface area contributed by atoms with Crippen LogP contribution in [0.3, 0.4) is 0 Å². The van der Waals surface area contributed by atoms with Gasteiger partial charge in [0, 0.05) is 23.9 Å². The molecule has 4 N–H and O–H groups in total. The Balaban J connectivity index is 1.30. The Labute approximate surface area is 185 Å². The van der Waals surface area contributed by atoms with Crippen LogP contribution >= 0.6 is 0 Å². The van der Waals surface area contributed by atoms with Gasteiger partial charge in [-0.25, -0.2) is 8.42 Å². The summed E-state index contributed by atoms with van der Waals surface area (Å²) in [6, 6.07) is 17.8. The highest BCUT2D eigenvalue weighted by Crippen LogP contribution is 2.31. The summed E-state index contributed by atoms with van der Waals surface area (Å²) in [5.41, 5.74) is 2.13. The quantitative estimate of drug-likeness (QED) is 0.225. The van der Waals surface area contributed by atoms with E-state index in [1.165, 1.54) is 18.2 Å². The van der Waals surface area contributed by atoms with Gasteiger partial charge in [-0.15, -0.1) is 0 Å². The Bertz CT molecular complexity index is 1350. The lowest BCUT2D eigenvalue weighted by Crippen LogP contribution is -2.26. The Hall–Kier alpha value is -3.27. The van der Waals surface area contributed by atoms with Crippen molar-refractivity contribution in [3.8, 4) is 11.5 Å². The number of phenolic OH excluding ortho intramolecular Hbond substituents is 1. The van der Waals surface area contributed by atoms with Gasteiger partial charge in [-0.3, -0.25) is 4.72 Å². The lowest BCUT2D eigenvalue weighted by atomic mass is 10.1. The van der Waals surface area contributed by atoms with E-state index in [0.717, 1.165) is 33.9 Å². The number of benzene rings is 3. The minimum atomic E-state index is -3.54. The number of aromatic hydroxyl groups is 1. The zero-order valence-corrected chi connectivity index (χ0v) is 18.2. The first-order valence-corrected chi connectivity index (χ1v) is 11.9. The molecule has 8 nitrogen and oxygen atoms in total. The lowest BCUT2D eigenvalue weighted by Gasteiger charge is -2.15. The number of aliphatic hydroxyl groups excluding tert-OH is 1. The third kappa shape index (κ3) is 5.13. The largest absolute Gasteiger partial charge is 0.506 e. The van der Waals surface area contributed by atoms with Gasteiger partial charge >= 0.3 is 0 Å². The second-order valence-electron chi connectivity index (χ2n) is 7.48. The summed E-state index contributed by atoms with van der Waals surface area (Å²) in [6.07, 6.45) is 0.105. The predicted octanol–water partition coefficient (Wildman–Crippen LogP) is 3.37. The number of sulfonamides is 1. The van der Waals surface area contributed by atoms with Crippen molar-refractivity contribution in [2.45, 2.75) is 6.10 Å². The number of ether oxygens (including phenoxy) is 1. The van der Waals surface area contributed by atoms with Crippen LogP contribution < -0.4 is 14.8 Å². The first kappa shape index (κ1) is 21.9. The molecule has 32 heavy (non-hydrogen) atoms. The molecule has 4 rings (SSSR count). The van der Waals surface area contributed by atoms with E-state index in [1.807, 2.05) is 42.5 Å². The van der Waals surface area contributed by atoms with Gasteiger partial charge in [0.2, 0.25) is 10.0 Å². The molecule has 0 saturated carbocycles. The maximum absolute atomic E-state index is 11.4. The monoisotopic (exact) mass is 456 g/mol. The van der Waals surface area contributed by atoms with Crippen LogP contribution in [0.2, 0.25) is 0 Å². The number of phenols is 1. The van der Waals surface area contributed by atoms with E-state index < -0.39 is 16.1 Å². The number of hydrogen-bond donors (Lipinski definition) is 4. The van der Waals surface area contributed by atoms with Crippen LogP contribution in [0.4, 0.5) is 5.69 Å². The SMILES string of the molecule is CS(=O)(=O)Nc1cc(C(O)CNCCOc2ccc3oc4ccccc4c3c2)ccc1O. The van der Waals surface area contributed by atoms with Crippen molar-refractivity contribution < 1.29 is 27.8 Å². The van der Waals surface area contributed by atoms with Gasteiger partial charge < -0.3 is 24.7 Å². The van der Waals surface area contributed by atoms with Crippen molar-refractivity contribution in [2.75, 3.05) is 30.7 Å². The molecule has 0 fully saturated rings. The molecule has 0 aliphatic heterocycles. The second-order valence-corrected chi connectivity index (χ2v) is 9.22. The molecule has 3 aromatic carbocycles. The van der Waals surface area contributed by atoms with Crippen LogP contribution in [0.15, 0.2) is 65.1 Å². The van der Waals surface area contributed by atoms with Crippen LogP contribution in [0.1, 0.15) is 11.7 Å². The van der Waals surface area contributed by atoms with Gasteiger partial charge in [-0.2, -0.15) is 0 Å². The van der Waals surface area contributed by atoms with Gasteiger partial charge in [0.1, 0.15) is 29.3 Å². The van der Waals surface area contributed by atoms with E-state index in [9.17, 15) is 18.6 Å². The number of rotatable bonds is 9. The van der Waals surface area contributed by atoms with Crippen LogP contribution in [0.5, 0.6) is 11.5 Å². The maximum atomic E-state index is 11.4. The summed E-state index contributed by atoms with van der Waals surface area (Å²) < 4.78 is 36.7. The Morgan fingerprint density at radius 1 is 1.03 bits per heavy atom. The topological polar surface area (TPSA) is 121 Å². The Morgan fingerprint density at radius 3 is 2.62 bits per heavy atom. The fraction of sp³-hybridized carbons (Fsp3) is 0.217. The highest BCUT2D eigenvalue weighted by Gasteiger charge is 2.13. The molecule has 4 aromatic rings. The highest BCUT2D eigenvalue weighted by molar-refractivity contribution is 7.92. The number of para-hydroxylation sites is 1. The number of fused-ring (bicyclic) bond motifs is 3. The maximum Gasteiger partial charge on any atom is 0.229 e. The van der Waals surface area contributed by atoms with Gasteiger partial charge in [-0.05, 0) is 42.0 Å².